The van der Waals surface area contributed by atoms with Gasteiger partial charge in [-0.25, -0.2) is 0 Å². The van der Waals surface area contributed by atoms with Crippen LogP contribution in [0.5, 0.6) is 0 Å². The molecule has 1 heterocycles. The monoisotopic (exact) mass is 921 g/mol. The van der Waals surface area contributed by atoms with Gasteiger partial charge in [-0.05, 0) is 124 Å². The minimum Gasteiger partial charge on any atom is -0.310 e. The van der Waals surface area contributed by atoms with Crippen LogP contribution in [0.25, 0.3) is 107 Å². The van der Waals surface area contributed by atoms with Crippen molar-refractivity contribution in [3.05, 3.63) is 260 Å². The average molecular weight is 922 g/mol. The summed E-state index contributed by atoms with van der Waals surface area (Å²) in [6.45, 7) is 4.76. The summed E-state index contributed by atoms with van der Waals surface area (Å²) in [5, 5.41) is 14.9. The molecule has 0 unspecified atom stereocenters. The third kappa shape index (κ3) is 6.52. The lowest BCUT2D eigenvalue weighted by atomic mass is 9.82. The molecule has 0 radical (unpaired) electrons. The number of thiophene rings is 1. The van der Waals surface area contributed by atoms with Gasteiger partial charge in [0, 0.05) is 47.9 Å². The Labute approximate surface area is 417 Å². The van der Waals surface area contributed by atoms with Gasteiger partial charge < -0.3 is 4.90 Å². The molecule has 12 aromatic carbocycles. The summed E-state index contributed by atoms with van der Waals surface area (Å²) in [4.78, 5) is 2.51. The first-order chi connectivity index (χ1) is 35.0. The molecular weight excluding hydrogens is 875 g/mol. The number of para-hydroxylation sites is 1. The van der Waals surface area contributed by atoms with Crippen molar-refractivity contribution in [3.8, 4) is 33.4 Å². The van der Waals surface area contributed by atoms with Crippen LogP contribution in [0.2, 0.25) is 0 Å². The maximum absolute atomic E-state index is 2.51. The number of anilines is 3. The Morgan fingerprint density at radius 2 is 0.775 bits per heavy atom. The van der Waals surface area contributed by atoms with Crippen LogP contribution in [0.1, 0.15) is 25.0 Å². The topological polar surface area (TPSA) is 3.24 Å². The SMILES string of the molecule is CC1(C)c2ccccc2-c2ccc(N(c3ccc4c(c3)c3ccccc3c3ccccc3c3ccccc3c3c4ccc4c5ccccc5sc43)c3ccccc3-c3ccc(-c4ccccc4)cc3)cc21. The third-order valence-electron chi connectivity index (χ3n) is 15.3. The smallest absolute Gasteiger partial charge is 0.0540 e. The predicted molar refractivity (Wildman–Crippen MR) is 308 cm³/mol. The Morgan fingerprint density at radius 3 is 1.51 bits per heavy atom. The fourth-order valence-electron chi connectivity index (χ4n) is 11.9. The van der Waals surface area contributed by atoms with Gasteiger partial charge in [0.05, 0.1) is 5.69 Å². The first kappa shape index (κ1) is 41.4. The minimum absolute atomic E-state index is 0.173. The lowest BCUT2D eigenvalue weighted by Gasteiger charge is -2.30. The zero-order valence-electron chi connectivity index (χ0n) is 39.5. The molecular formula is C69H47NS. The Morgan fingerprint density at radius 1 is 0.310 bits per heavy atom. The number of nitrogens with zero attached hydrogens (tertiary/aromatic N) is 1. The lowest BCUT2D eigenvalue weighted by molar-refractivity contribution is 0.660. The van der Waals surface area contributed by atoms with Crippen molar-refractivity contribution >= 4 is 102 Å². The van der Waals surface area contributed by atoms with E-state index in [1.54, 1.807) is 0 Å². The summed E-state index contributed by atoms with van der Waals surface area (Å²) in [6.07, 6.45) is 0. The molecule has 0 N–H and O–H groups in total. The van der Waals surface area contributed by atoms with Crippen LogP contribution in [-0.2, 0) is 5.41 Å². The van der Waals surface area contributed by atoms with Gasteiger partial charge in [0.15, 0.2) is 0 Å². The van der Waals surface area contributed by atoms with E-state index in [0.29, 0.717) is 0 Å². The number of hydrogen-bond donors (Lipinski definition) is 0. The molecule has 1 aliphatic rings. The van der Waals surface area contributed by atoms with E-state index in [4.69, 9.17) is 0 Å². The van der Waals surface area contributed by atoms with E-state index in [-0.39, 0.29) is 5.41 Å². The molecule has 71 heavy (non-hydrogen) atoms. The summed E-state index contributed by atoms with van der Waals surface area (Å²) in [7, 11) is 0. The molecule has 0 saturated heterocycles. The van der Waals surface area contributed by atoms with E-state index in [0.717, 1.165) is 17.1 Å². The van der Waals surface area contributed by atoms with Gasteiger partial charge >= 0.3 is 0 Å². The van der Waals surface area contributed by atoms with Crippen LogP contribution >= 0.6 is 11.3 Å². The standard InChI is InChI=1S/C69H47NS/c1-69(2)63-29-15-12-26-56(63)57-39-37-48(43-64(57)69)70(65-30-16-13-20-49(65)46-34-32-45(33-35-46)44-18-4-3-5-19-44)47-36-38-55-60-40-41-61-58-27-14-17-31-66(58)71-68(61)67(60)59-28-11-10-24-53(59)51-22-7-6-21-50(51)52-23-8-9-25-54(52)62(55)42-47/h3-43H,1-2H3. The minimum atomic E-state index is -0.173. The lowest BCUT2D eigenvalue weighted by Crippen LogP contribution is -2.16. The molecule has 1 nitrogen and oxygen atoms in total. The largest absolute Gasteiger partial charge is 0.310 e. The zero-order chi connectivity index (χ0) is 47.2. The fourth-order valence-corrected chi connectivity index (χ4v) is 13.2. The van der Waals surface area contributed by atoms with Crippen molar-refractivity contribution in [2.45, 2.75) is 19.3 Å². The van der Waals surface area contributed by atoms with Crippen LogP contribution < -0.4 is 4.90 Å². The summed E-state index contributed by atoms with van der Waals surface area (Å²) < 4.78 is 2.62. The second-order valence-corrected chi connectivity index (χ2v) is 20.6. The molecule has 0 fully saturated rings. The van der Waals surface area contributed by atoms with Gasteiger partial charge in [-0.15, -0.1) is 11.3 Å². The van der Waals surface area contributed by atoms with Gasteiger partial charge in [0.2, 0.25) is 0 Å². The maximum Gasteiger partial charge on any atom is 0.0540 e. The van der Waals surface area contributed by atoms with Gasteiger partial charge in [-0.1, -0.05) is 226 Å². The summed E-state index contributed by atoms with van der Waals surface area (Å²) in [5.41, 5.74) is 13.2. The number of rotatable bonds is 5. The maximum atomic E-state index is 2.51. The molecule has 0 atom stereocenters. The highest BCUT2D eigenvalue weighted by atomic mass is 32.1. The summed E-state index contributed by atoms with van der Waals surface area (Å²) in [6, 6.07) is 92.8. The summed E-state index contributed by atoms with van der Waals surface area (Å²) in [5.74, 6) is 0. The van der Waals surface area contributed by atoms with Crippen molar-refractivity contribution in [2.24, 2.45) is 0 Å². The zero-order valence-corrected chi connectivity index (χ0v) is 40.3. The quantitative estimate of drug-likeness (QED) is 0.166. The van der Waals surface area contributed by atoms with Crippen molar-refractivity contribution in [1.29, 1.82) is 0 Å². The van der Waals surface area contributed by atoms with Crippen molar-refractivity contribution < 1.29 is 0 Å². The second kappa shape index (κ2) is 16.3. The highest BCUT2D eigenvalue weighted by molar-refractivity contribution is 7.26. The van der Waals surface area contributed by atoms with E-state index in [2.05, 4.69) is 267 Å². The average Bonchev–Trinajstić information content (AvgIpc) is 3.92. The molecule has 14 rings (SSSR count). The second-order valence-electron chi connectivity index (χ2n) is 19.5. The van der Waals surface area contributed by atoms with Gasteiger partial charge in [0.1, 0.15) is 0 Å². The van der Waals surface area contributed by atoms with E-state index in [1.807, 2.05) is 11.3 Å². The van der Waals surface area contributed by atoms with E-state index in [9.17, 15) is 0 Å². The Bertz CT molecular complexity index is 4370. The van der Waals surface area contributed by atoms with Crippen LogP contribution in [0, 0.1) is 0 Å². The van der Waals surface area contributed by atoms with Crippen LogP contribution in [-0.4, -0.2) is 0 Å². The Hall–Kier alpha value is -8.56. The van der Waals surface area contributed by atoms with E-state index < -0.39 is 0 Å². The Kier molecular flexibility index (Phi) is 9.49. The number of fused-ring (bicyclic) bond motifs is 17. The molecule has 0 amide bonds. The summed E-state index contributed by atoms with van der Waals surface area (Å²) >= 11 is 1.91. The molecule has 1 aromatic heterocycles. The van der Waals surface area contributed by atoms with Crippen molar-refractivity contribution in [3.63, 3.8) is 0 Å². The molecule has 0 spiro atoms. The normalized spacial score (nSPS) is 12.8. The van der Waals surface area contributed by atoms with Crippen LogP contribution in [0.15, 0.2) is 249 Å². The molecule has 334 valence electrons. The number of benzene rings is 11. The molecule has 2 heteroatoms. The molecule has 0 saturated carbocycles. The van der Waals surface area contributed by atoms with Crippen LogP contribution in [0.4, 0.5) is 17.1 Å². The van der Waals surface area contributed by atoms with Gasteiger partial charge in [-0.2, -0.15) is 0 Å². The fraction of sp³-hybridized carbons (Fsp3) is 0.0435. The first-order valence-corrected chi connectivity index (χ1v) is 25.5. The predicted octanol–water partition coefficient (Wildman–Crippen LogP) is 20.1. The highest BCUT2D eigenvalue weighted by Crippen LogP contribution is 2.52. The van der Waals surface area contributed by atoms with Crippen LogP contribution in [0.3, 0.4) is 0 Å². The molecule has 0 bridgehead atoms. The van der Waals surface area contributed by atoms with Gasteiger partial charge in [-0.3, -0.25) is 0 Å². The molecule has 0 aliphatic heterocycles. The van der Waals surface area contributed by atoms with Gasteiger partial charge in [0.25, 0.3) is 0 Å². The number of hydrogen-bond acceptors (Lipinski definition) is 2. The Balaban J connectivity index is 1.11. The molecule has 1 aliphatic carbocycles. The van der Waals surface area contributed by atoms with E-state index in [1.165, 1.54) is 119 Å². The first-order valence-electron chi connectivity index (χ1n) is 24.7. The van der Waals surface area contributed by atoms with Crippen molar-refractivity contribution in [1.82, 2.24) is 0 Å². The molecule has 13 aromatic rings. The van der Waals surface area contributed by atoms with Crippen molar-refractivity contribution in [2.75, 3.05) is 4.90 Å². The highest BCUT2D eigenvalue weighted by Gasteiger charge is 2.36. The van der Waals surface area contributed by atoms with E-state index >= 15 is 0 Å². The third-order valence-corrected chi connectivity index (χ3v) is 16.5.